The minimum Gasteiger partial charge on any atom is -0.493 e. The predicted octanol–water partition coefficient (Wildman–Crippen LogP) is 6.81. The van der Waals surface area contributed by atoms with Gasteiger partial charge in [-0.05, 0) is 53.6 Å². The highest BCUT2D eigenvalue weighted by atomic mass is 35.5. The van der Waals surface area contributed by atoms with Crippen LogP contribution in [0.1, 0.15) is 51.8 Å². The molecule has 5 rings (SSSR count). The Balaban J connectivity index is 1.29. The summed E-state index contributed by atoms with van der Waals surface area (Å²) in [5.74, 6) is -1.01. The standard InChI is InChI=1S/C27H24Cl2FNO3/c28-22-9-8-19(10-23(22)29)26(18-4-2-1-3-5-18)31-13-16(14-31)15-34-25-12-24(30)21(27(32)33)11-20(25)17-6-7-17/h1-5,8-12,16-17,26H,6-7,13-15H2,(H,32,33). The summed E-state index contributed by atoms with van der Waals surface area (Å²) in [5, 5.41) is 10.3. The van der Waals surface area contributed by atoms with Gasteiger partial charge >= 0.3 is 5.97 Å². The molecule has 2 fully saturated rings. The molecule has 34 heavy (non-hydrogen) atoms. The minimum atomic E-state index is -1.25. The molecule has 3 aromatic rings. The van der Waals surface area contributed by atoms with E-state index in [-0.39, 0.29) is 23.4 Å². The van der Waals surface area contributed by atoms with E-state index in [0.717, 1.165) is 37.1 Å². The molecule has 7 heteroatoms. The molecule has 0 bridgehead atoms. The van der Waals surface area contributed by atoms with Crippen molar-refractivity contribution in [2.45, 2.75) is 24.8 Å². The van der Waals surface area contributed by atoms with Crippen LogP contribution in [0.3, 0.4) is 0 Å². The Labute approximate surface area is 207 Å². The Morgan fingerprint density at radius 2 is 1.76 bits per heavy atom. The lowest BCUT2D eigenvalue weighted by molar-refractivity contribution is 0.0375. The second-order valence-corrected chi connectivity index (χ2v) is 9.88. The van der Waals surface area contributed by atoms with Gasteiger partial charge in [-0.2, -0.15) is 0 Å². The predicted molar refractivity (Wildman–Crippen MR) is 131 cm³/mol. The molecule has 0 radical (unpaired) electrons. The van der Waals surface area contributed by atoms with Gasteiger partial charge in [0.05, 0.1) is 28.3 Å². The lowest BCUT2D eigenvalue weighted by Crippen LogP contribution is -2.51. The summed E-state index contributed by atoms with van der Waals surface area (Å²) in [7, 11) is 0. The summed E-state index contributed by atoms with van der Waals surface area (Å²) in [6, 6.07) is 18.7. The fourth-order valence-corrected chi connectivity index (χ4v) is 4.95. The minimum absolute atomic E-state index is 0.0431. The monoisotopic (exact) mass is 499 g/mol. The van der Waals surface area contributed by atoms with E-state index >= 15 is 0 Å². The first-order chi connectivity index (χ1) is 16.4. The molecule has 1 saturated carbocycles. The zero-order valence-electron chi connectivity index (χ0n) is 18.4. The number of benzene rings is 3. The van der Waals surface area contributed by atoms with Crippen LogP contribution in [0.4, 0.5) is 4.39 Å². The number of ether oxygens (including phenoxy) is 1. The van der Waals surface area contributed by atoms with Crippen LogP contribution in [0.2, 0.25) is 10.0 Å². The molecule has 1 aliphatic carbocycles. The van der Waals surface area contributed by atoms with E-state index in [1.807, 2.05) is 36.4 Å². The van der Waals surface area contributed by atoms with Crippen molar-refractivity contribution in [3.05, 3.63) is 98.8 Å². The van der Waals surface area contributed by atoms with Gasteiger partial charge in [0.2, 0.25) is 0 Å². The molecule has 1 N–H and O–H groups in total. The van der Waals surface area contributed by atoms with E-state index in [9.17, 15) is 14.3 Å². The fraction of sp³-hybridized carbons (Fsp3) is 0.296. The molecule has 1 unspecified atom stereocenters. The van der Waals surface area contributed by atoms with Crippen molar-refractivity contribution in [3.63, 3.8) is 0 Å². The van der Waals surface area contributed by atoms with E-state index in [2.05, 4.69) is 17.0 Å². The zero-order valence-corrected chi connectivity index (χ0v) is 19.9. The molecular weight excluding hydrogens is 476 g/mol. The van der Waals surface area contributed by atoms with Gasteiger partial charge in [-0.15, -0.1) is 0 Å². The highest BCUT2D eigenvalue weighted by molar-refractivity contribution is 6.42. The second kappa shape index (κ2) is 9.57. The molecule has 176 valence electrons. The maximum Gasteiger partial charge on any atom is 0.338 e. The van der Waals surface area contributed by atoms with Gasteiger partial charge in [0.1, 0.15) is 11.6 Å². The first-order valence-corrected chi connectivity index (χ1v) is 12.1. The molecule has 1 aliphatic heterocycles. The molecule has 1 heterocycles. The summed E-state index contributed by atoms with van der Waals surface area (Å²) in [5.41, 5.74) is 2.74. The van der Waals surface area contributed by atoms with Crippen LogP contribution in [-0.2, 0) is 0 Å². The zero-order chi connectivity index (χ0) is 23.8. The van der Waals surface area contributed by atoms with Crippen molar-refractivity contribution < 1.29 is 19.0 Å². The molecule has 3 aromatic carbocycles. The molecule has 4 nitrogen and oxygen atoms in total. The normalized spacial score (nSPS) is 17.3. The first kappa shape index (κ1) is 23.2. The van der Waals surface area contributed by atoms with Gasteiger partial charge in [0.25, 0.3) is 0 Å². The highest BCUT2D eigenvalue weighted by Gasteiger charge is 2.35. The van der Waals surface area contributed by atoms with Crippen molar-refractivity contribution in [2.24, 2.45) is 5.92 Å². The molecular formula is C27H24Cl2FNO3. The van der Waals surface area contributed by atoms with Crippen molar-refractivity contribution >= 4 is 29.2 Å². The lowest BCUT2D eigenvalue weighted by Gasteiger charge is -2.44. The van der Waals surface area contributed by atoms with E-state index in [0.29, 0.717) is 22.4 Å². The quantitative estimate of drug-likeness (QED) is 0.369. The Kier molecular flexibility index (Phi) is 6.52. The fourth-order valence-electron chi connectivity index (χ4n) is 4.64. The van der Waals surface area contributed by atoms with Gasteiger partial charge in [0.15, 0.2) is 0 Å². The summed E-state index contributed by atoms with van der Waals surface area (Å²) >= 11 is 12.4. The molecule has 1 saturated heterocycles. The number of carboxylic acid groups (broad SMARTS) is 1. The number of carbonyl (C=O) groups is 1. The Hall–Kier alpha value is -2.60. The molecule has 1 atom stereocenters. The van der Waals surface area contributed by atoms with Crippen LogP contribution in [0.15, 0.2) is 60.7 Å². The molecule has 2 aliphatic rings. The first-order valence-electron chi connectivity index (χ1n) is 11.3. The summed E-state index contributed by atoms with van der Waals surface area (Å²) < 4.78 is 20.3. The van der Waals surface area contributed by atoms with Crippen LogP contribution in [-0.4, -0.2) is 35.7 Å². The SMILES string of the molecule is O=C(O)c1cc(C2CC2)c(OCC2CN(C(c3ccccc3)c3ccc(Cl)c(Cl)c3)C2)cc1F. The van der Waals surface area contributed by atoms with Crippen LogP contribution in [0.5, 0.6) is 5.75 Å². The van der Waals surface area contributed by atoms with Crippen LogP contribution in [0.25, 0.3) is 0 Å². The third-order valence-corrected chi connectivity index (χ3v) is 7.29. The van der Waals surface area contributed by atoms with E-state index in [1.54, 1.807) is 0 Å². The molecule has 0 aromatic heterocycles. The van der Waals surface area contributed by atoms with Crippen LogP contribution in [0, 0.1) is 11.7 Å². The highest BCUT2D eigenvalue weighted by Crippen LogP contribution is 2.45. The molecule has 0 amide bonds. The number of carboxylic acids is 1. The van der Waals surface area contributed by atoms with Gasteiger partial charge in [0, 0.05) is 25.1 Å². The maximum atomic E-state index is 14.3. The van der Waals surface area contributed by atoms with Gasteiger partial charge < -0.3 is 9.84 Å². The van der Waals surface area contributed by atoms with Gasteiger partial charge in [-0.3, -0.25) is 4.90 Å². The van der Waals surface area contributed by atoms with Crippen molar-refractivity contribution in [1.29, 1.82) is 0 Å². The van der Waals surface area contributed by atoms with Crippen LogP contribution < -0.4 is 4.74 Å². The second-order valence-electron chi connectivity index (χ2n) is 9.07. The molecule has 0 spiro atoms. The van der Waals surface area contributed by atoms with Crippen molar-refractivity contribution in [2.75, 3.05) is 19.7 Å². The number of likely N-dealkylation sites (tertiary alicyclic amines) is 1. The van der Waals surface area contributed by atoms with Crippen molar-refractivity contribution in [1.82, 2.24) is 4.90 Å². The third kappa shape index (κ3) is 4.78. The number of aromatic carboxylic acids is 1. The smallest absolute Gasteiger partial charge is 0.338 e. The average Bonchev–Trinajstić information content (AvgIpc) is 3.63. The summed E-state index contributed by atoms with van der Waals surface area (Å²) in [6.07, 6.45) is 1.95. The summed E-state index contributed by atoms with van der Waals surface area (Å²) in [4.78, 5) is 13.7. The number of nitrogens with zero attached hydrogens (tertiary/aromatic N) is 1. The number of hydrogen-bond acceptors (Lipinski definition) is 3. The largest absolute Gasteiger partial charge is 0.493 e. The Morgan fingerprint density at radius 3 is 2.41 bits per heavy atom. The Bertz CT molecular complexity index is 1210. The van der Waals surface area contributed by atoms with Gasteiger partial charge in [-0.25, -0.2) is 9.18 Å². The van der Waals surface area contributed by atoms with E-state index in [1.165, 1.54) is 17.7 Å². The third-order valence-electron chi connectivity index (χ3n) is 6.55. The van der Waals surface area contributed by atoms with Crippen molar-refractivity contribution in [3.8, 4) is 5.75 Å². The van der Waals surface area contributed by atoms with Gasteiger partial charge in [-0.1, -0.05) is 59.6 Å². The lowest BCUT2D eigenvalue weighted by atomic mass is 9.90. The topological polar surface area (TPSA) is 49.8 Å². The average molecular weight is 500 g/mol. The Morgan fingerprint density at radius 1 is 1.03 bits per heavy atom. The summed E-state index contributed by atoms with van der Waals surface area (Å²) in [6.45, 7) is 2.08. The number of halogens is 3. The van der Waals surface area contributed by atoms with Crippen LogP contribution >= 0.6 is 23.2 Å². The van der Waals surface area contributed by atoms with E-state index in [4.69, 9.17) is 27.9 Å². The maximum absolute atomic E-state index is 14.3. The van der Waals surface area contributed by atoms with E-state index < -0.39 is 11.8 Å². The number of rotatable bonds is 8. The number of hydrogen-bond donors (Lipinski definition) is 1.